The van der Waals surface area contributed by atoms with Gasteiger partial charge >= 0.3 is 0 Å². The van der Waals surface area contributed by atoms with Gasteiger partial charge in [-0.05, 0) is 55.7 Å². The summed E-state index contributed by atoms with van der Waals surface area (Å²) in [5.74, 6) is -0.742. The van der Waals surface area contributed by atoms with Crippen LogP contribution >= 0.6 is 15.9 Å². The molecule has 0 fully saturated rings. The molecule has 0 spiro atoms. The standard InChI is InChI=1S/C30H36BrN3O4S/c1-5-23(3)32-30(36)28(19-24-11-7-6-8-12-24)33(20-25-13-9-10-22(2)18-25)29(35)21-34(39(4,37)38)27-16-14-26(31)15-17-27/h6-18,23,28H,5,19-21H2,1-4H3,(H,32,36)/t23-,28+/m1/s1. The molecule has 208 valence electrons. The van der Waals surface area contributed by atoms with E-state index in [0.717, 1.165) is 38.1 Å². The van der Waals surface area contributed by atoms with E-state index in [4.69, 9.17) is 0 Å². The third-order valence-electron chi connectivity index (χ3n) is 6.50. The van der Waals surface area contributed by atoms with Gasteiger partial charge in [0, 0.05) is 23.5 Å². The number of carbonyl (C=O) groups excluding carboxylic acids is 2. The quantitative estimate of drug-likeness (QED) is 0.309. The van der Waals surface area contributed by atoms with Gasteiger partial charge in [0.1, 0.15) is 12.6 Å². The monoisotopic (exact) mass is 613 g/mol. The van der Waals surface area contributed by atoms with Gasteiger partial charge in [-0.3, -0.25) is 13.9 Å². The maximum Gasteiger partial charge on any atom is 0.244 e. The second kappa shape index (κ2) is 13.8. The van der Waals surface area contributed by atoms with Crippen LogP contribution in [0.25, 0.3) is 0 Å². The van der Waals surface area contributed by atoms with Crippen molar-refractivity contribution >= 4 is 43.5 Å². The second-order valence-electron chi connectivity index (χ2n) is 9.78. The lowest BCUT2D eigenvalue weighted by molar-refractivity contribution is -0.140. The predicted octanol–water partition coefficient (Wildman–Crippen LogP) is 5.08. The van der Waals surface area contributed by atoms with Gasteiger partial charge in [-0.2, -0.15) is 0 Å². The number of nitrogens with one attached hydrogen (secondary N) is 1. The Labute approximate surface area is 240 Å². The van der Waals surface area contributed by atoms with E-state index in [1.807, 2.05) is 75.4 Å². The molecule has 0 saturated carbocycles. The van der Waals surface area contributed by atoms with E-state index in [1.54, 1.807) is 24.3 Å². The van der Waals surface area contributed by atoms with Crippen molar-refractivity contribution in [1.82, 2.24) is 10.2 Å². The van der Waals surface area contributed by atoms with E-state index in [9.17, 15) is 18.0 Å². The first-order valence-electron chi connectivity index (χ1n) is 12.9. The van der Waals surface area contributed by atoms with Crippen molar-refractivity contribution in [3.05, 3.63) is 100 Å². The molecule has 0 aliphatic carbocycles. The highest BCUT2D eigenvalue weighted by molar-refractivity contribution is 9.10. The molecule has 39 heavy (non-hydrogen) atoms. The van der Waals surface area contributed by atoms with Crippen LogP contribution in [0.1, 0.15) is 37.0 Å². The summed E-state index contributed by atoms with van der Waals surface area (Å²) in [6.07, 6.45) is 2.10. The number of rotatable bonds is 12. The maximum atomic E-state index is 14.1. The molecule has 0 saturated heterocycles. The van der Waals surface area contributed by atoms with Crippen molar-refractivity contribution < 1.29 is 18.0 Å². The Bertz CT molecular complexity index is 1360. The van der Waals surface area contributed by atoms with Gasteiger partial charge in [0.15, 0.2) is 0 Å². The van der Waals surface area contributed by atoms with Gasteiger partial charge in [-0.25, -0.2) is 8.42 Å². The number of nitrogens with zero attached hydrogens (tertiary/aromatic N) is 2. The number of amides is 2. The molecule has 0 unspecified atom stereocenters. The highest BCUT2D eigenvalue weighted by Gasteiger charge is 2.33. The van der Waals surface area contributed by atoms with Crippen LogP contribution in [0.15, 0.2) is 83.3 Å². The Morgan fingerprint density at radius 1 is 0.949 bits per heavy atom. The number of sulfonamides is 1. The number of anilines is 1. The topological polar surface area (TPSA) is 86.8 Å². The Morgan fingerprint density at radius 3 is 2.18 bits per heavy atom. The largest absolute Gasteiger partial charge is 0.352 e. The highest BCUT2D eigenvalue weighted by Crippen LogP contribution is 2.22. The number of hydrogen-bond acceptors (Lipinski definition) is 4. The maximum absolute atomic E-state index is 14.1. The molecule has 1 N–H and O–H groups in total. The first-order chi connectivity index (χ1) is 18.5. The van der Waals surface area contributed by atoms with E-state index in [0.29, 0.717) is 5.69 Å². The Hall–Kier alpha value is -3.17. The van der Waals surface area contributed by atoms with E-state index in [1.165, 1.54) is 4.90 Å². The smallest absolute Gasteiger partial charge is 0.244 e. The zero-order chi connectivity index (χ0) is 28.6. The fourth-order valence-electron chi connectivity index (χ4n) is 4.22. The molecular formula is C30H36BrN3O4S. The van der Waals surface area contributed by atoms with Crippen LogP contribution in [0.3, 0.4) is 0 Å². The average Bonchev–Trinajstić information content (AvgIpc) is 2.89. The van der Waals surface area contributed by atoms with Crippen LogP contribution in [0.5, 0.6) is 0 Å². The van der Waals surface area contributed by atoms with Gasteiger partial charge in [0.25, 0.3) is 0 Å². The predicted molar refractivity (Wildman–Crippen MR) is 160 cm³/mol. The molecule has 3 aromatic carbocycles. The molecule has 2 amide bonds. The zero-order valence-electron chi connectivity index (χ0n) is 22.8. The van der Waals surface area contributed by atoms with Crippen LogP contribution in [-0.4, -0.2) is 50.0 Å². The molecule has 7 nitrogen and oxygen atoms in total. The van der Waals surface area contributed by atoms with Crippen molar-refractivity contribution in [1.29, 1.82) is 0 Å². The molecule has 9 heteroatoms. The molecule has 0 radical (unpaired) electrons. The van der Waals surface area contributed by atoms with Crippen molar-refractivity contribution in [2.75, 3.05) is 17.1 Å². The second-order valence-corrected chi connectivity index (χ2v) is 12.6. The van der Waals surface area contributed by atoms with Crippen molar-refractivity contribution in [2.24, 2.45) is 0 Å². The molecule has 3 aromatic rings. The van der Waals surface area contributed by atoms with Crippen molar-refractivity contribution in [3.63, 3.8) is 0 Å². The third-order valence-corrected chi connectivity index (χ3v) is 8.17. The minimum absolute atomic E-state index is 0.0815. The Balaban J connectivity index is 2.05. The van der Waals surface area contributed by atoms with Gasteiger partial charge in [0.05, 0.1) is 11.9 Å². The molecule has 0 aromatic heterocycles. The molecule has 0 aliphatic heterocycles. The lowest BCUT2D eigenvalue weighted by Crippen LogP contribution is -2.54. The molecule has 0 heterocycles. The SMILES string of the molecule is CC[C@@H](C)NC(=O)[C@H](Cc1ccccc1)N(Cc1cccc(C)c1)C(=O)CN(c1ccc(Br)cc1)S(C)(=O)=O. The summed E-state index contributed by atoms with van der Waals surface area (Å²) < 4.78 is 27.5. The normalized spacial score (nSPS) is 12.8. The Morgan fingerprint density at radius 2 is 1.59 bits per heavy atom. The fraction of sp³-hybridized carbons (Fsp3) is 0.333. The number of halogens is 1. The average molecular weight is 615 g/mol. The molecule has 2 atom stereocenters. The summed E-state index contributed by atoms with van der Waals surface area (Å²) in [6.45, 7) is 5.59. The van der Waals surface area contributed by atoms with Crippen molar-refractivity contribution in [2.45, 2.75) is 52.2 Å². The summed E-state index contributed by atoms with van der Waals surface area (Å²) in [5.41, 5.74) is 3.15. The summed E-state index contributed by atoms with van der Waals surface area (Å²) >= 11 is 3.37. The van der Waals surface area contributed by atoms with Gasteiger partial charge in [0.2, 0.25) is 21.8 Å². The van der Waals surface area contributed by atoms with Crippen LogP contribution < -0.4 is 9.62 Å². The van der Waals surface area contributed by atoms with Crippen LogP contribution in [-0.2, 0) is 32.6 Å². The molecule has 0 aliphatic rings. The van der Waals surface area contributed by atoms with Crippen LogP contribution in [0, 0.1) is 6.92 Å². The minimum Gasteiger partial charge on any atom is -0.352 e. The zero-order valence-corrected chi connectivity index (χ0v) is 25.2. The van der Waals surface area contributed by atoms with E-state index < -0.39 is 28.5 Å². The van der Waals surface area contributed by atoms with E-state index in [-0.39, 0.29) is 24.9 Å². The number of hydrogen-bond donors (Lipinski definition) is 1. The summed E-state index contributed by atoms with van der Waals surface area (Å²) in [4.78, 5) is 29.2. The summed E-state index contributed by atoms with van der Waals surface area (Å²) in [7, 11) is -3.80. The molecular weight excluding hydrogens is 578 g/mol. The first kappa shape index (κ1) is 30.4. The third kappa shape index (κ3) is 8.93. The van der Waals surface area contributed by atoms with Crippen molar-refractivity contribution in [3.8, 4) is 0 Å². The first-order valence-corrected chi connectivity index (χ1v) is 15.5. The highest BCUT2D eigenvalue weighted by atomic mass is 79.9. The van der Waals surface area contributed by atoms with Crippen LogP contribution in [0.4, 0.5) is 5.69 Å². The lowest BCUT2D eigenvalue weighted by Gasteiger charge is -2.34. The number of aryl methyl sites for hydroxylation is 1. The number of carbonyl (C=O) groups is 2. The lowest BCUT2D eigenvalue weighted by atomic mass is 10.0. The fourth-order valence-corrected chi connectivity index (χ4v) is 5.34. The van der Waals surface area contributed by atoms with Gasteiger partial charge < -0.3 is 10.2 Å². The Kier molecular flexibility index (Phi) is 10.7. The minimum atomic E-state index is -3.80. The van der Waals surface area contributed by atoms with Gasteiger partial charge in [-0.1, -0.05) is 83.0 Å². The number of benzene rings is 3. The molecule has 3 rings (SSSR count). The summed E-state index contributed by atoms with van der Waals surface area (Å²) in [5, 5.41) is 3.03. The molecule has 0 bridgehead atoms. The van der Waals surface area contributed by atoms with E-state index >= 15 is 0 Å². The summed E-state index contributed by atoms with van der Waals surface area (Å²) in [6, 6.07) is 23.1. The van der Waals surface area contributed by atoms with Gasteiger partial charge in [-0.15, -0.1) is 0 Å². The van der Waals surface area contributed by atoms with E-state index in [2.05, 4.69) is 21.2 Å². The van der Waals surface area contributed by atoms with Crippen LogP contribution in [0.2, 0.25) is 0 Å².